The predicted molar refractivity (Wildman–Crippen MR) is 84.0 cm³/mol. The molecule has 3 rings (SSSR count). The van der Waals surface area contributed by atoms with Crippen LogP contribution in [0, 0.1) is 6.92 Å². The van der Waals surface area contributed by atoms with Gasteiger partial charge in [-0.15, -0.1) is 11.3 Å². The molecule has 2 aliphatic rings. The highest BCUT2D eigenvalue weighted by Crippen LogP contribution is 2.22. The van der Waals surface area contributed by atoms with Crippen LogP contribution in [0.3, 0.4) is 0 Å². The lowest BCUT2D eigenvalue weighted by molar-refractivity contribution is 0.112. The van der Waals surface area contributed by atoms with Crippen molar-refractivity contribution >= 4 is 23.1 Å². The van der Waals surface area contributed by atoms with Crippen molar-refractivity contribution in [3.63, 3.8) is 0 Å². The predicted octanol–water partition coefficient (Wildman–Crippen LogP) is 2.46. The monoisotopic (exact) mass is 297 g/mol. The van der Waals surface area contributed by atoms with Crippen LogP contribution in [-0.4, -0.2) is 58.5 Å². The minimum absolute atomic E-state index is 0.843. The highest BCUT2D eigenvalue weighted by Gasteiger charge is 2.25. The van der Waals surface area contributed by atoms with E-state index in [-0.39, 0.29) is 0 Å². The van der Waals surface area contributed by atoms with Crippen molar-refractivity contribution in [3.05, 3.63) is 16.1 Å². The normalized spacial score (nSPS) is 23.8. The Morgan fingerprint density at radius 1 is 1.21 bits per heavy atom. The Balaban J connectivity index is 1.46. The molecule has 0 radical (unpaired) electrons. The second kappa shape index (κ2) is 6.57. The molecule has 3 nitrogen and oxygen atoms in total. The van der Waals surface area contributed by atoms with Gasteiger partial charge in [0.2, 0.25) is 0 Å². The van der Waals surface area contributed by atoms with E-state index in [4.69, 9.17) is 0 Å². The zero-order chi connectivity index (χ0) is 13.1. The van der Waals surface area contributed by atoms with Crippen LogP contribution < -0.4 is 0 Å². The summed E-state index contributed by atoms with van der Waals surface area (Å²) < 4.78 is 0. The molecule has 2 saturated heterocycles. The van der Waals surface area contributed by atoms with Gasteiger partial charge in [-0.25, -0.2) is 4.98 Å². The van der Waals surface area contributed by atoms with Gasteiger partial charge in [0, 0.05) is 54.8 Å². The number of thiazole rings is 1. The number of aromatic nitrogens is 1. The number of piperidine rings is 1. The smallest absolute Gasteiger partial charge is 0.107 e. The maximum Gasteiger partial charge on any atom is 0.107 e. The van der Waals surface area contributed by atoms with E-state index < -0.39 is 0 Å². The number of hydrogen-bond donors (Lipinski definition) is 0. The van der Waals surface area contributed by atoms with E-state index in [2.05, 4.69) is 38.8 Å². The second-order valence-electron chi connectivity index (χ2n) is 5.54. The van der Waals surface area contributed by atoms with Crippen LogP contribution in [0.5, 0.6) is 0 Å². The first kappa shape index (κ1) is 13.9. The summed E-state index contributed by atoms with van der Waals surface area (Å²) in [6, 6.07) is 0.843. The summed E-state index contributed by atoms with van der Waals surface area (Å²) in [6.07, 6.45) is 2.68. The lowest BCUT2D eigenvalue weighted by Gasteiger charge is -2.39. The number of likely N-dealkylation sites (tertiary alicyclic amines) is 1. The van der Waals surface area contributed by atoms with Crippen molar-refractivity contribution < 1.29 is 0 Å². The molecule has 106 valence electrons. The van der Waals surface area contributed by atoms with Gasteiger partial charge in [0.25, 0.3) is 0 Å². The molecule has 0 amide bonds. The summed E-state index contributed by atoms with van der Waals surface area (Å²) in [4.78, 5) is 9.88. The molecule has 19 heavy (non-hydrogen) atoms. The molecule has 0 N–H and O–H groups in total. The third-order valence-electron chi connectivity index (χ3n) is 4.14. The Kier molecular flexibility index (Phi) is 4.79. The summed E-state index contributed by atoms with van der Waals surface area (Å²) in [5.41, 5.74) is 1.17. The van der Waals surface area contributed by atoms with E-state index >= 15 is 0 Å². The number of aryl methyl sites for hydroxylation is 1. The molecule has 3 heterocycles. The van der Waals surface area contributed by atoms with Crippen molar-refractivity contribution in [1.29, 1.82) is 0 Å². The fourth-order valence-electron chi connectivity index (χ4n) is 3.05. The number of rotatable bonds is 3. The second-order valence-corrected chi connectivity index (χ2v) is 7.71. The van der Waals surface area contributed by atoms with Crippen molar-refractivity contribution in [3.8, 4) is 0 Å². The summed E-state index contributed by atoms with van der Waals surface area (Å²) in [7, 11) is 0. The van der Waals surface area contributed by atoms with Crippen LogP contribution in [-0.2, 0) is 6.54 Å². The van der Waals surface area contributed by atoms with Crippen LogP contribution in [0.4, 0.5) is 0 Å². The van der Waals surface area contributed by atoms with Crippen molar-refractivity contribution in [2.24, 2.45) is 0 Å². The molecule has 5 heteroatoms. The fourth-order valence-corrected chi connectivity index (χ4v) is 4.80. The highest BCUT2D eigenvalue weighted by atomic mass is 32.2. The number of nitrogens with zero attached hydrogens (tertiary/aromatic N) is 3. The first-order valence-electron chi connectivity index (χ1n) is 7.26. The third-order valence-corrected chi connectivity index (χ3v) is 6.04. The molecule has 0 unspecified atom stereocenters. The maximum atomic E-state index is 4.58. The van der Waals surface area contributed by atoms with Gasteiger partial charge in [-0.1, -0.05) is 0 Å². The molecule has 0 aromatic carbocycles. The average Bonchev–Trinajstić information content (AvgIpc) is 2.86. The van der Waals surface area contributed by atoms with Crippen LogP contribution >= 0.6 is 23.1 Å². The van der Waals surface area contributed by atoms with Gasteiger partial charge in [-0.3, -0.25) is 9.80 Å². The molecule has 2 fully saturated rings. The Morgan fingerprint density at radius 3 is 2.58 bits per heavy atom. The van der Waals surface area contributed by atoms with Crippen LogP contribution in [0.15, 0.2) is 5.38 Å². The van der Waals surface area contributed by atoms with Gasteiger partial charge in [-0.05, 0) is 19.8 Å². The Labute approximate surface area is 124 Å². The molecule has 0 atom stereocenters. The molecule has 2 aliphatic heterocycles. The Bertz CT molecular complexity index is 393. The fraction of sp³-hybridized carbons (Fsp3) is 0.786. The average molecular weight is 297 g/mol. The minimum atomic E-state index is 0.843. The van der Waals surface area contributed by atoms with Gasteiger partial charge >= 0.3 is 0 Å². The van der Waals surface area contributed by atoms with Crippen LogP contribution in [0.25, 0.3) is 0 Å². The van der Waals surface area contributed by atoms with E-state index in [0.29, 0.717) is 0 Å². The highest BCUT2D eigenvalue weighted by molar-refractivity contribution is 7.99. The van der Waals surface area contributed by atoms with Crippen molar-refractivity contribution in [1.82, 2.24) is 14.8 Å². The van der Waals surface area contributed by atoms with Crippen molar-refractivity contribution in [2.45, 2.75) is 32.4 Å². The molecular formula is C14H23N3S2. The standard InChI is InChI=1S/C14H23N3S2/c1-12-11-19-14(15-12)10-16-4-2-13(3-5-16)17-6-8-18-9-7-17/h11,13H,2-10H2,1H3. The zero-order valence-electron chi connectivity index (χ0n) is 11.7. The molecule has 0 aliphatic carbocycles. The van der Waals surface area contributed by atoms with Gasteiger partial charge in [-0.2, -0.15) is 11.8 Å². The van der Waals surface area contributed by atoms with Crippen LogP contribution in [0.1, 0.15) is 23.5 Å². The Morgan fingerprint density at radius 2 is 1.95 bits per heavy atom. The summed E-state index contributed by atoms with van der Waals surface area (Å²) in [6.45, 7) is 8.24. The van der Waals surface area contributed by atoms with E-state index in [1.807, 2.05) is 0 Å². The van der Waals surface area contributed by atoms with E-state index in [0.717, 1.165) is 12.6 Å². The minimum Gasteiger partial charge on any atom is -0.299 e. The van der Waals surface area contributed by atoms with E-state index in [1.54, 1.807) is 11.3 Å². The quantitative estimate of drug-likeness (QED) is 0.853. The lowest BCUT2D eigenvalue weighted by Crippen LogP contribution is -2.47. The lowest BCUT2D eigenvalue weighted by atomic mass is 10.0. The molecule has 1 aromatic rings. The summed E-state index contributed by atoms with van der Waals surface area (Å²) in [5, 5.41) is 3.44. The van der Waals surface area contributed by atoms with Gasteiger partial charge < -0.3 is 0 Å². The molecular weight excluding hydrogens is 274 g/mol. The molecule has 0 bridgehead atoms. The topological polar surface area (TPSA) is 19.4 Å². The van der Waals surface area contributed by atoms with Crippen molar-refractivity contribution in [2.75, 3.05) is 37.7 Å². The molecule has 1 aromatic heterocycles. The van der Waals surface area contributed by atoms with Gasteiger partial charge in [0.1, 0.15) is 5.01 Å². The largest absolute Gasteiger partial charge is 0.299 e. The van der Waals surface area contributed by atoms with E-state index in [1.165, 1.54) is 61.2 Å². The SMILES string of the molecule is Cc1csc(CN2CCC(N3CCSCC3)CC2)n1. The first-order chi connectivity index (χ1) is 9.31. The molecule has 0 saturated carbocycles. The number of hydrogen-bond acceptors (Lipinski definition) is 5. The zero-order valence-corrected chi connectivity index (χ0v) is 13.3. The molecule has 0 spiro atoms. The van der Waals surface area contributed by atoms with Crippen LogP contribution in [0.2, 0.25) is 0 Å². The van der Waals surface area contributed by atoms with Gasteiger partial charge in [0.15, 0.2) is 0 Å². The first-order valence-corrected chi connectivity index (χ1v) is 9.30. The number of thioether (sulfide) groups is 1. The summed E-state index contributed by atoms with van der Waals surface area (Å²) >= 11 is 3.91. The Hall–Kier alpha value is -0.100. The van der Waals surface area contributed by atoms with E-state index in [9.17, 15) is 0 Å². The summed E-state index contributed by atoms with van der Waals surface area (Å²) in [5.74, 6) is 2.66. The maximum absolute atomic E-state index is 4.58. The third kappa shape index (κ3) is 3.72. The van der Waals surface area contributed by atoms with Gasteiger partial charge in [0.05, 0.1) is 6.54 Å².